The van der Waals surface area contributed by atoms with E-state index in [1.54, 1.807) is 18.2 Å². The zero-order chi connectivity index (χ0) is 22.5. The molecule has 1 saturated heterocycles. The lowest BCUT2D eigenvalue weighted by Gasteiger charge is -2.33. The summed E-state index contributed by atoms with van der Waals surface area (Å²) in [4.78, 5) is 30.4. The second-order valence-corrected chi connectivity index (χ2v) is 8.26. The Bertz CT molecular complexity index is 1090. The number of rotatable bonds is 8. The lowest BCUT2D eigenvalue weighted by Crippen LogP contribution is -2.41. The number of hydrogen-bond acceptors (Lipinski definition) is 5. The summed E-state index contributed by atoms with van der Waals surface area (Å²) >= 11 is 0. The number of nitrogens with two attached hydrogens (primary N) is 2. The largest absolute Gasteiger partial charge is 0.366 e. The number of nitrogens with zero attached hydrogens (tertiary/aromatic N) is 1. The van der Waals surface area contributed by atoms with Crippen LogP contribution in [0.4, 0.5) is 5.82 Å². The number of carbonyl (C=O) groups excluding carboxylic acids is 2. The Morgan fingerprint density at radius 1 is 1.09 bits per heavy atom. The van der Waals surface area contributed by atoms with Crippen molar-refractivity contribution in [3.05, 3.63) is 65.2 Å². The first kappa shape index (κ1) is 21.9. The van der Waals surface area contributed by atoms with E-state index in [4.69, 9.17) is 11.5 Å². The van der Waals surface area contributed by atoms with Gasteiger partial charge in [0.05, 0.1) is 5.56 Å². The third kappa shape index (κ3) is 4.76. The summed E-state index contributed by atoms with van der Waals surface area (Å²) in [5, 5.41) is 0.676. The predicted molar refractivity (Wildman–Crippen MR) is 126 cm³/mol. The maximum absolute atomic E-state index is 13.1. The van der Waals surface area contributed by atoms with E-state index in [1.807, 2.05) is 6.07 Å². The molecule has 0 bridgehead atoms. The number of primary amides is 1. The molecular formula is C24H30N6O2. The van der Waals surface area contributed by atoms with Gasteiger partial charge in [0.2, 0.25) is 5.91 Å². The number of benzene rings is 2. The van der Waals surface area contributed by atoms with Gasteiger partial charge in [-0.25, -0.2) is 5.43 Å². The summed E-state index contributed by atoms with van der Waals surface area (Å²) in [7, 11) is 0. The van der Waals surface area contributed by atoms with Crippen LogP contribution in [0.15, 0.2) is 48.5 Å². The smallest absolute Gasteiger partial charge is 0.269 e. The van der Waals surface area contributed by atoms with E-state index in [-0.39, 0.29) is 5.91 Å². The summed E-state index contributed by atoms with van der Waals surface area (Å²) in [5.74, 6) is 0.589. The Hall–Kier alpha value is -3.36. The van der Waals surface area contributed by atoms with Crippen molar-refractivity contribution in [2.45, 2.75) is 19.3 Å². The van der Waals surface area contributed by atoms with E-state index < -0.39 is 5.91 Å². The molecule has 1 aromatic heterocycles. The molecule has 0 aliphatic carbocycles. The van der Waals surface area contributed by atoms with Crippen molar-refractivity contribution in [1.29, 1.82) is 0 Å². The van der Waals surface area contributed by atoms with Crippen LogP contribution in [0.2, 0.25) is 0 Å². The highest BCUT2D eigenvalue weighted by Crippen LogP contribution is 2.33. The van der Waals surface area contributed by atoms with Gasteiger partial charge in [0, 0.05) is 42.6 Å². The normalized spacial score (nSPS) is 14.6. The second kappa shape index (κ2) is 9.84. The molecule has 0 spiro atoms. The Morgan fingerprint density at radius 3 is 2.53 bits per heavy atom. The summed E-state index contributed by atoms with van der Waals surface area (Å²) < 4.78 is 0. The SMILES string of the molecule is NCCNNC(=O)c1c(N2CCC(Cc3ccccc3)CC2)[nH]c2ccc(C(N)=O)cc12. The van der Waals surface area contributed by atoms with E-state index >= 15 is 0 Å². The van der Waals surface area contributed by atoms with Crippen molar-refractivity contribution in [2.24, 2.45) is 17.4 Å². The first-order chi connectivity index (χ1) is 15.6. The number of nitrogens with one attached hydrogen (secondary N) is 3. The van der Waals surface area contributed by atoms with Gasteiger partial charge in [-0.1, -0.05) is 30.3 Å². The molecule has 1 fully saturated rings. The molecule has 3 aromatic rings. The average molecular weight is 435 g/mol. The van der Waals surface area contributed by atoms with Crippen molar-refractivity contribution >= 4 is 28.5 Å². The summed E-state index contributed by atoms with van der Waals surface area (Å²) in [6.45, 7) is 2.57. The first-order valence-electron chi connectivity index (χ1n) is 11.0. The highest BCUT2D eigenvalue weighted by Gasteiger charge is 2.27. The van der Waals surface area contributed by atoms with Crippen LogP contribution in [0.5, 0.6) is 0 Å². The molecular weight excluding hydrogens is 404 g/mol. The number of aromatic amines is 1. The number of aromatic nitrogens is 1. The molecule has 168 valence electrons. The molecule has 1 aliphatic rings. The Balaban J connectivity index is 1.58. The number of fused-ring (bicyclic) bond motifs is 1. The average Bonchev–Trinajstić information content (AvgIpc) is 3.19. The van der Waals surface area contributed by atoms with Gasteiger partial charge in [-0.05, 0) is 48.9 Å². The van der Waals surface area contributed by atoms with Crippen LogP contribution in [-0.2, 0) is 6.42 Å². The third-order valence-corrected chi connectivity index (χ3v) is 6.06. The Morgan fingerprint density at radius 2 is 1.84 bits per heavy atom. The van der Waals surface area contributed by atoms with Gasteiger partial charge in [0.25, 0.3) is 5.91 Å². The standard InChI is InChI=1S/C24H30N6O2/c25-10-11-27-29-24(32)21-19-15-18(22(26)31)6-7-20(19)28-23(21)30-12-8-17(9-13-30)14-16-4-2-1-3-5-16/h1-7,15,17,27-28H,8-14,25H2,(H2,26,31)(H,29,32). The minimum absolute atomic E-state index is 0.271. The summed E-state index contributed by atoms with van der Waals surface area (Å²) in [6.07, 6.45) is 3.16. The quantitative estimate of drug-likeness (QED) is 0.273. The van der Waals surface area contributed by atoms with Crippen molar-refractivity contribution in [3.63, 3.8) is 0 Å². The third-order valence-electron chi connectivity index (χ3n) is 6.06. The highest BCUT2D eigenvalue weighted by molar-refractivity contribution is 6.13. The maximum Gasteiger partial charge on any atom is 0.269 e. The second-order valence-electron chi connectivity index (χ2n) is 8.26. The molecule has 8 nitrogen and oxygen atoms in total. The van der Waals surface area contributed by atoms with Crippen molar-refractivity contribution in [1.82, 2.24) is 15.8 Å². The number of hydrogen-bond donors (Lipinski definition) is 5. The zero-order valence-electron chi connectivity index (χ0n) is 18.1. The summed E-state index contributed by atoms with van der Waals surface area (Å²) in [5.41, 5.74) is 19.6. The van der Waals surface area contributed by atoms with Gasteiger partial charge >= 0.3 is 0 Å². The number of piperidine rings is 1. The minimum atomic E-state index is -0.524. The van der Waals surface area contributed by atoms with Crippen LogP contribution in [0.1, 0.15) is 39.1 Å². The van der Waals surface area contributed by atoms with Gasteiger partial charge < -0.3 is 21.4 Å². The topological polar surface area (TPSA) is 129 Å². The van der Waals surface area contributed by atoms with E-state index in [1.165, 1.54) is 5.56 Å². The van der Waals surface area contributed by atoms with E-state index in [2.05, 4.69) is 45.0 Å². The van der Waals surface area contributed by atoms with Crippen molar-refractivity contribution in [3.8, 4) is 0 Å². The van der Waals surface area contributed by atoms with Gasteiger partial charge in [-0.3, -0.25) is 15.0 Å². The molecule has 0 atom stereocenters. The van der Waals surface area contributed by atoms with Crippen LogP contribution in [0.25, 0.3) is 10.9 Å². The number of H-pyrrole nitrogens is 1. The molecule has 0 unspecified atom stereocenters. The Kier molecular flexibility index (Phi) is 6.72. The van der Waals surface area contributed by atoms with E-state index in [9.17, 15) is 9.59 Å². The van der Waals surface area contributed by atoms with Crippen LogP contribution in [0, 0.1) is 5.92 Å². The molecule has 4 rings (SSSR count). The maximum atomic E-state index is 13.1. The Labute approximate surface area is 187 Å². The molecule has 1 aliphatic heterocycles. The predicted octanol–water partition coefficient (Wildman–Crippen LogP) is 1.92. The lowest BCUT2D eigenvalue weighted by atomic mass is 9.90. The van der Waals surface area contributed by atoms with Crippen LogP contribution in [0.3, 0.4) is 0 Å². The molecule has 2 amide bonds. The van der Waals surface area contributed by atoms with Gasteiger partial charge in [0.15, 0.2) is 0 Å². The molecule has 32 heavy (non-hydrogen) atoms. The molecule has 7 N–H and O–H groups in total. The highest BCUT2D eigenvalue weighted by atomic mass is 16.2. The van der Waals surface area contributed by atoms with Crippen molar-refractivity contribution in [2.75, 3.05) is 31.1 Å². The molecule has 2 aromatic carbocycles. The number of anilines is 1. The number of hydrazine groups is 1. The van der Waals surface area contributed by atoms with Crippen LogP contribution in [-0.4, -0.2) is 43.0 Å². The first-order valence-corrected chi connectivity index (χ1v) is 11.0. The molecule has 2 heterocycles. The molecule has 0 saturated carbocycles. The fraction of sp³-hybridized carbons (Fsp3) is 0.333. The summed E-state index contributed by atoms with van der Waals surface area (Å²) in [6, 6.07) is 15.7. The van der Waals surface area contributed by atoms with E-state index in [0.29, 0.717) is 35.5 Å². The van der Waals surface area contributed by atoms with E-state index in [0.717, 1.165) is 43.7 Å². The number of amides is 2. The molecule has 8 heteroatoms. The monoisotopic (exact) mass is 434 g/mol. The zero-order valence-corrected chi connectivity index (χ0v) is 18.1. The van der Waals surface area contributed by atoms with Gasteiger partial charge in [-0.2, -0.15) is 0 Å². The van der Waals surface area contributed by atoms with Gasteiger partial charge in [0.1, 0.15) is 5.82 Å². The lowest BCUT2D eigenvalue weighted by molar-refractivity contribution is 0.0934. The fourth-order valence-electron chi connectivity index (χ4n) is 4.38. The van der Waals surface area contributed by atoms with Gasteiger partial charge in [-0.15, -0.1) is 0 Å². The minimum Gasteiger partial charge on any atom is -0.366 e. The van der Waals surface area contributed by atoms with Crippen LogP contribution >= 0.6 is 0 Å². The van der Waals surface area contributed by atoms with Crippen LogP contribution < -0.4 is 27.2 Å². The van der Waals surface area contributed by atoms with Crippen molar-refractivity contribution < 1.29 is 9.59 Å². The molecule has 0 radical (unpaired) electrons. The fourth-order valence-corrected chi connectivity index (χ4v) is 4.38. The number of carbonyl (C=O) groups is 2.